The van der Waals surface area contributed by atoms with Crippen LogP contribution < -0.4 is 0 Å². The molecule has 0 bridgehead atoms. The second-order valence-corrected chi connectivity index (χ2v) is 20.8. The lowest BCUT2D eigenvalue weighted by molar-refractivity contribution is 0.401. The highest BCUT2D eigenvalue weighted by Gasteiger charge is 2.23. The second-order valence-electron chi connectivity index (χ2n) is 16.9. The summed E-state index contributed by atoms with van der Waals surface area (Å²) in [5, 5.41) is 3.52. The minimum absolute atomic E-state index is 0.170. The SMILES string of the molecule is CCCCC(CC)Cn1c2ccccc2c2cc(-c3cc(-c4cc(-c5ccc6c(c5)c5ccccc5n6CC(CC)CCCC)nc(S(C)(=O)=O)n4)nc(S(C)(=O)=O)n3)ccc21. The Bertz CT molecular complexity index is 2960. The number of aromatic nitrogens is 6. The molecule has 4 aromatic carbocycles. The average molecular weight is 869 g/mol. The van der Waals surface area contributed by atoms with Gasteiger partial charge in [0.25, 0.3) is 0 Å². The van der Waals surface area contributed by atoms with Gasteiger partial charge in [0.05, 0.1) is 22.8 Å². The Labute approximate surface area is 365 Å². The van der Waals surface area contributed by atoms with E-state index in [-0.39, 0.29) is 21.7 Å². The Morgan fingerprint density at radius 3 is 1.21 bits per heavy atom. The van der Waals surface area contributed by atoms with Crippen molar-refractivity contribution in [3.8, 4) is 33.9 Å². The van der Waals surface area contributed by atoms with Crippen LogP contribution >= 0.6 is 0 Å². The molecule has 322 valence electrons. The van der Waals surface area contributed by atoms with Gasteiger partial charge in [0.2, 0.25) is 30.0 Å². The van der Waals surface area contributed by atoms with Crippen molar-refractivity contribution >= 4 is 63.3 Å². The number of hydrogen-bond donors (Lipinski definition) is 0. The average Bonchev–Trinajstić information content (AvgIpc) is 3.76. The molecule has 0 aliphatic rings. The van der Waals surface area contributed by atoms with E-state index in [4.69, 9.17) is 0 Å². The topological polar surface area (TPSA) is 130 Å². The van der Waals surface area contributed by atoms with E-state index in [0.29, 0.717) is 34.4 Å². The fourth-order valence-electron chi connectivity index (χ4n) is 8.91. The molecule has 0 saturated heterocycles. The first-order chi connectivity index (χ1) is 29.8. The van der Waals surface area contributed by atoms with Gasteiger partial charge in [-0.3, -0.25) is 0 Å². The predicted octanol–water partition coefficient (Wildman–Crippen LogP) is 11.7. The van der Waals surface area contributed by atoms with Crippen molar-refractivity contribution in [1.29, 1.82) is 0 Å². The predicted molar refractivity (Wildman–Crippen MR) is 253 cm³/mol. The van der Waals surface area contributed by atoms with E-state index in [9.17, 15) is 16.8 Å². The summed E-state index contributed by atoms with van der Waals surface area (Å²) in [6.07, 6.45) is 11.4. The molecule has 0 N–H and O–H groups in total. The lowest BCUT2D eigenvalue weighted by atomic mass is 9.99. The molecule has 8 rings (SSSR count). The lowest BCUT2D eigenvalue weighted by Crippen LogP contribution is -2.10. The van der Waals surface area contributed by atoms with Crippen LogP contribution in [0, 0.1) is 11.8 Å². The Balaban J connectivity index is 1.26. The Morgan fingerprint density at radius 1 is 0.468 bits per heavy atom. The van der Waals surface area contributed by atoms with Gasteiger partial charge in [0.15, 0.2) is 0 Å². The number of unbranched alkanes of at least 4 members (excludes halogenated alkanes) is 2. The van der Waals surface area contributed by atoms with Crippen molar-refractivity contribution in [2.45, 2.75) is 102 Å². The van der Waals surface area contributed by atoms with Crippen LogP contribution in [-0.4, -0.2) is 58.4 Å². The van der Waals surface area contributed by atoms with Crippen molar-refractivity contribution in [1.82, 2.24) is 29.1 Å². The van der Waals surface area contributed by atoms with E-state index in [2.05, 4.69) is 117 Å². The summed E-state index contributed by atoms with van der Waals surface area (Å²) in [6, 6.07) is 32.4. The van der Waals surface area contributed by atoms with Crippen LogP contribution in [0.4, 0.5) is 0 Å². The molecule has 0 radical (unpaired) electrons. The van der Waals surface area contributed by atoms with Gasteiger partial charge in [-0.1, -0.05) is 115 Å². The number of sulfone groups is 2. The van der Waals surface area contributed by atoms with Crippen LogP contribution in [0.1, 0.15) is 79.1 Å². The molecule has 12 heteroatoms. The number of para-hydroxylation sites is 2. The fourth-order valence-corrected chi connectivity index (χ4v) is 9.97. The van der Waals surface area contributed by atoms with E-state index in [1.54, 1.807) is 12.1 Å². The van der Waals surface area contributed by atoms with Crippen molar-refractivity contribution in [3.63, 3.8) is 0 Å². The van der Waals surface area contributed by atoms with Crippen LogP contribution in [0.15, 0.2) is 107 Å². The summed E-state index contributed by atoms with van der Waals surface area (Å²) < 4.78 is 57.7. The number of hydrogen-bond acceptors (Lipinski definition) is 8. The minimum Gasteiger partial charge on any atom is -0.340 e. The maximum absolute atomic E-state index is 13.2. The van der Waals surface area contributed by atoms with Gasteiger partial charge in [0.1, 0.15) is 0 Å². The summed E-state index contributed by atoms with van der Waals surface area (Å²) in [5.74, 6) is 1.09. The smallest absolute Gasteiger partial charge is 0.247 e. The van der Waals surface area contributed by atoms with Crippen LogP contribution in [0.2, 0.25) is 0 Å². The Kier molecular flexibility index (Phi) is 12.4. The molecule has 2 unspecified atom stereocenters. The van der Waals surface area contributed by atoms with Gasteiger partial charge in [-0.15, -0.1) is 0 Å². The van der Waals surface area contributed by atoms with Gasteiger partial charge >= 0.3 is 0 Å². The molecule has 10 nitrogen and oxygen atoms in total. The van der Waals surface area contributed by atoms with Gasteiger partial charge in [-0.25, -0.2) is 36.8 Å². The summed E-state index contributed by atoms with van der Waals surface area (Å²) in [7, 11) is -7.82. The van der Waals surface area contributed by atoms with E-state index in [1.807, 2.05) is 24.3 Å². The summed E-state index contributed by atoms with van der Waals surface area (Å²) in [4.78, 5) is 18.2. The molecule has 4 heterocycles. The third-order valence-corrected chi connectivity index (χ3v) is 14.1. The Hall–Kier alpha value is -5.46. The number of rotatable bonds is 17. The molecule has 2 atom stereocenters. The van der Waals surface area contributed by atoms with Crippen LogP contribution in [0.3, 0.4) is 0 Å². The van der Waals surface area contributed by atoms with E-state index in [0.717, 1.165) is 94.9 Å². The number of benzene rings is 4. The summed E-state index contributed by atoms with van der Waals surface area (Å²) in [6.45, 7) is 10.8. The molecular formula is C50H56N6O4S2. The highest BCUT2D eigenvalue weighted by atomic mass is 32.2. The third kappa shape index (κ3) is 8.64. The molecule has 0 amide bonds. The van der Waals surface area contributed by atoms with Crippen molar-refractivity contribution in [3.05, 3.63) is 97.1 Å². The first kappa shape index (κ1) is 43.2. The van der Waals surface area contributed by atoms with Gasteiger partial charge in [-0.05, 0) is 73.2 Å². The molecule has 0 saturated carbocycles. The number of nitrogens with zero attached hydrogens (tertiary/aromatic N) is 6. The largest absolute Gasteiger partial charge is 0.340 e. The van der Waals surface area contributed by atoms with Gasteiger partial charge < -0.3 is 9.13 Å². The second kappa shape index (κ2) is 17.7. The standard InChI is InChI=1S/C50H56N6O4S2/c1-7-11-17-33(9-3)31-55-45-21-15-13-19-37(45)39-27-35(23-25-47(39)55)41-29-43(53-49(51-41)61(5,57)58)44-30-42(52-50(54-44)62(6,59)60)36-24-26-48-40(28-36)38-20-14-16-22-46(38)56(48)32-34(10-4)18-12-8-2/h13-16,19-30,33-34H,7-12,17-18,31-32H2,1-6H3. The highest BCUT2D eigenvalue weighted by molar-refractivity contribution is 7.90. The molecule has 0 aliphatic carbocycles. The zero-order chi connectivity index (χ0) is 43.8. The van der Waals surface area contributed by atoms with E-state index < -0.39 is 19.7 Å². The summed E-state index contributed by atoms with van der Waals surface area (Å²) in [5.41, 5.74) is 6.99. The number of fused-ring (bicyclic) bond motifs is 6. The lowest BCUT2D eigenvalue weighted by Gasteiger charge is -2.17. The maximum Gasteiger partial charge on any atom is 0.247 e. The molecule has 0 aliphatic heterocycles. The van der Waals surface area contributed by atoms with E-state index >= 15 is 0 Å². The zero-order valence-corrected chi connectivity index (χ0v) is 38.2. The monoisotopic (exact) mass is 868 g/mol. The third-order valence-electron chi connectivity index (χ3n) is 12.4. The van der Waals surface area contributed by atoms with Gasteiger partial charge in [-0.2, -0.15) is 0 Å². The normalized spacial score (nSPS) is 13.5. The first-order valence-electron chi connectivity index (χ1n) is 22.0. The molecule has 8 aromatic rings. The van der Waals surface area contributed by atoms with Crippen LogP contribution in [0.25, 0.3) is 77.5 Å². The summed E-state index contributed by atoms with van der Waals surface area (Å²) >= 11 is 0. The molecule has 0 fully saturated rings. The molecule has 0 spiro atoms. The maximum atomic E-state index is 13.2. The quantitative estimate of drug-likeness (QED) is 0.0827. The van der Waals surface area contributed by atoms with Crippen molar-refractivity contribution in [2.75, 3.05) is 12.5 Å². The Morgan fingerprint density at radius 2 is 0.839 bits per heavy atom. The first-order valence-corrected chi connectivity index (χ1v) is 25.8. The molecule has 62 heavy (non-hydrogen) atoms. The molecule has 4 aromatic heterocycles. The zero-order valence-electron chi connectivity index (χ0n) is 36.6. The van der Waals surface area contributed by atoms with Crippen LogP contribution in [-0.2, 0) is 32.8 Å². The van der Waals surface area contributed by atoms with E-state index in [1.165, 1.54) is 25.7 Å². The highest BCUT2D eigenvalue weighted by Crippen LogP contribution is 2.37. The van der Waals surface area contributed by atoms with Crippen molar-refractivity contribution in [2.24, 2.45) is 11.8 Å². The van der Waals surface area contributed by atoms with Crippen molar-refractivity contribution < 1.29 is 16.8 Å². The fraction of sp³-hybridized carbons (Fsp3) is 0.360. The minimum atomic E-state index is -3.91. The van der Waals surface area contributed by atoms with Crippen LogP contribution in [0.5, 0.6) is 0 Å². The van der Waals surface area contributed by atoms with Gasteiger partial charge in [0, 0.05) is 80.3 Å². The molecular weight excluding hydrogens is 813 g/mol.